The molecule has 6 heteroatoms. The molecule has 0 aliphatic carbocycles. The zero-order chi connectivity index (χ0) is 14.1. The van der Waals surface area contributed by atoms with E-state index in [2.05, 4.69) is 6.58 Å². The first kappa shape index (κ1) is 16.6. The van der Waals surface area contributed by atoms with Crippen molar-refractivity contribution in [1.82, 2.24) is 4.90 Å². The number of allylic oxidation sites excluding steroid dienone is 1. The average Bonchev–Trinajstić information content (AvgIpc) is 2.33. The molecule has 18 heavy (non-hydrogen) atoms. The molecule has 0 aromatic carbocycles. The molecular weight excluding hydrogens is 238 g/mol. The summed E-state index contributed by atoms with van der Waals surface area (Å²) in [5.41, 5.74) is 0. The minimum Gasteiger partial charge on any atom is -0.461 e. The van der Waals surface area contributed by atoms with Crippen LogP contribution in [0.2, 0.25) is 0 Å². The summed E-state index contributed by atoms with van der Waals surface area (Å²) in [6, 6.07) is -1.04. The number of hydrogen-bond donors (Lipinski definition) is 2. The Morgan fingerprint density at radius 2 is 2.11 bits per heavy atom. The number of aliphatic hydroxyl groups is 2. The van der Waals surface area contributed by atoms with Crippen LogP contribution in [0.5, 0.6) is 0 Å². The van der Waals surface area contributed by atoms with Gasteiger partial charge >= 0.3 is 5.97 Å². The third kappa shape index (κ3) is 5.79. The van der Waals surface area contributed by atoms with Gasteiger partial charge in [-0.2, -0.15) is 0 Å². The van der Waals surface area contributed by atoms with Crippen molar-refractivity contribution in [3.63, 3.8) is 0 Å². The number of rotatable bonds is 8. The number of nitrogens with zero attached hydrogens (tertiary/aromatic N) is 1. The number of esters is 1. The Labute approximate surface area is 107 Å². The number of ether oxygens (including phenoxy) is 1. The highest BCUT2D eigenvalue weighted by molar-refractivity contribution is 5.84. The molecule has 6 nitrogen and oxygen atoms in total. The lowest BCUT2D eigenvalue weighted by Crippen LogP contribution is -2.46. The van der Waals surface area contributed by atoms with E-state index >= 15 is 0 Å². The maximum Gasteiger partial charge on any atom is 0.331 e. The van der Waals surface area contributed by atoms with Crippen LogP contribution in [0, 0.1) is 0 Å². The van der Waals surface area contributed by atoms with Gasteiger partial charge in [-0.3, -0.25) is 4.79 Å². The van der Waals surface area contributed by atoms with E-state index in [1.807, 2.05) is 0 Å². The summed E-state index contributed by atoms with van der Waals surface area (Å²) in [5.74, 6) is -1.00. The molecule has 0 aliphatic rings. The lowest BCUT2D eigenvalue weighted by molar-refractivity contribution is -0.158. The lowest BCUT2D eigenvalue weighted by atomic mass is 10.2. The van der Waals surface area contributed by atoms with Crippen molar-refractivity contribution in [1.29, 1.82) is 0 Å². The Morgan fingerprint density at radius 3 is 2.56 bits per heavy atom. The molecule has 0 fully saturated rings. The number of amides is 1. The Kier molecular flexibility index (Phi) is 7.98. The molecular formula is C12H21NO5. The topological polar surface area (TPSA) is 87.1 Å². The fraction of sp³-hybridized carbons (Fsp3) is 0.667. The molecule has 0 saturated carbocycles. The van der Waals surface area contributed by atoms with Gasteiger partial charge in [-0.1, -0.05) is 6.08 Å². The monoisotopic (exact) mass is 259 g/mol. The molecule has 0 bridgehead atoms. The molecule has 0 radical (unpaired) electrons. The molecule has 2 atom stereocenters. The van der Waals surface area contributed by atoms with Gasteiger partial charge in [0.15, 0.2) is 6.04 Å². The van der Waals surface area contributed by atoms with Crippen LogP contribution in [0.1, 0.15) is 19.8 Å². The van der Waals surface area contributed by atoms with Gasteiger partial charge in [-0.15, -0.1) is 6.58 Å². The van der Waals surface area contributed by atoms with Crippen molar-refractivity contribution in [2.45, 2.75) is 31.9 Å². The summed E-state index contributed by atoms with van der Waals surface area (Å²) in [7, 11) is 1.43. The van der Waals surface area contributed by atoms with Crippen LogP contribution in [0.25, 0.3) is 0 Å². The zero-order valence-corrected chi connectivity index (χ0v) is 10.8. The highest BCUT2D eigenvalue weighted by Gasteiger charge is 2.27. The molecule has 2 N–H and O–H groups in total. The number of carbonyl (C=O) groups excluding carboxylic acids is 2. The van der Waals surface area contributed by atoms with Gasteiger partial charge in [0.2, 0.25) is 5.91 Å². The van der Waals surface area contributed by atoms with Crippen molar-refractivity contribution in [2.24, 2.45) is 0 Å². The van der Waals surface area contributed by atoms with Crippen LogP contribution in [-0.4, -0.2) is 59.4 Å². The van der Waals surface area contributed by atoms with Gasteiger partial charge < -0.3 is 19.8 Å². The highest BCUT2D eigenvalue weighted by atomic mass is 16.5. The summed E-state index contributed by atoms with van der Waals surface area (Å²) >= 11 is 0. The molecule has 0 rings (SSSR count). The summed E-state index contributed by atoms with van der Waals surface area (Å²) in [6.07, 6.45) is 1.55. The van der Waals surface area contributed by atoms with Gasteiger partial charge in [0.1, 0.15) is 6.61 Å². The summed E-state index contributed by atoms with van der Waals surface area (Å²) in [6.45, 7) is 4.29. The molecule has 0 spiro atoms. The minimum absolute atomic E-state index is 0.163. The standard InChI is InChI=1S/C12H21NO5/c1-4-5-6-11(16)13(3)10(7-14)12(17)18-8-9(2)15/h4,9-10,14-15H,1,5-8H2,2-3H3/t9-,10-/m0/s1. The Hall–Kier alpha value is -1.40. The van der Waals surface area contributed by atoms with Gasteiger partial charge in [-0.05, 0) is 13.3 Å². The van der Waals surface area contributed by atoms with Crippen molar-refractivity contribution >= 4 is 11.9 Å². The van der Waals surface area contributed by atoms with Gasteiger partial charge in [0.25, 0.3) is 0 Å². The van der Waals surface area contributed by atoms with Crippen molar-refractivity contribution < 1.29 is 24.5 Å². The molecule has 0 unspecified atom stereocenters. The molecule has 0 heterocycles. The quantitative estimate of drug-likeness (QED) is 0.461. The SMILES string of the molecule is C=CCCC(=O)N(C)[C@@H](CO)C(=O)OC[C@H](C)O. The summed E-state index contributed by atoms with van der Waals surface area (Å²) < 4.78 is 4.77. The third-order valence-electron chi connectivity index (χ3n) is 2.34. The largest absolute Gasteiger partial charge is 0.461 e. The Balaban J connectivity index is 4.41. The van der Waals surface area contributed by atoms with Crippen LogP contribution in [0.15, 0.2) is 12.7 Å². The van der Waals surface area contributed by atoms with Crippen molar-refractivity contribution in [3.8, 4) is 0 Å². The molecule has 0 aromatic rings. The fourth-order valence-corrected chi connectivity index (χ4v) is 1.23. The van der Waals surface area contributed by atoms with E-state index in [4.69, 9.17) is 14.9 Å². The zero-order valence-electron chi connectivity index (χ0n) is 10.8. The van der Waals surface area contributed by atoms with E-state index < -0.39 is 24.7 Å². The van der Waals surface area contributed by atoms with Crippen LogP contribution in [-0.2, 0) is 14.3 Å². The lowest BCUT2D eigenvalue weighted by Gasteiger charge is -2.25. The van der Waals surface area contributed by atoms with Gasteiger partial charge in [0, 0.05) is 13.5 Å². The van der Waals surface area contributed by atoms with Crippen LogP contribution < -0.4 is 0 Å². The summed E-state index contributed by atoms with van der Waals surface area (Å²) in [4.78, 5) is 24.4. The minimum atomic E-state index is -1.04. The average molecular weight is 259 g/mol. The van der Waals surface area contributed by atoms with Gasteiger partial charge in [0.05, 0.1) is 12.7 Å². The first-order valence-corrected chi connectivity index (χ1v) is 5.76. The second kappa shape index (κ2) is 8.66. The molecule has 1 amide bonds. The molecule has 0 aliphatic heterocycles. The van der Waals surface area contributed by atoms with Crippen molar-refractivity contribution in [3.05, 3.63) is 12.7 Å². The Bertz CT molecular complexity index is 290. The maximum atomic E-state index is 11.7. The highest BCUT2D eigenvalue weighted by Crippen LogP contribution is 2.04. The molecule has 0 aromatic heterocycles. The van der Waals surface area contributed by atoms with Crippen molar-refractivity contribution in [2.75, 3.05) is 20.3 Å². The van der Waals surface area contributed by atoms with E-state index in [1.165, 1.54) is 14.0 Å². The van der Waals surface area contributed by atoms with E-state index in [9.17, 15) is 9.59 Å². The predicted octanol–water partition coefficient (Wildman–Crippen LogP) is -0.304. The number of aliphatic hydroxyl groups excluding tert-OH is 2. The maximum absolute atomic E-state index is 11.7. The van der Waals surface area contributed by atoms with Crippen LogP contribution in [0.3, 0.4) is 0 Å². The second-order valence-electron chi connectivity index (χ2n) is 4.01. The normalized spacial score (nSPS) is 13.6. The van der Waals surface area contributed by atoms with E-state index in [0.717, 1.165) is 4.90 Å². The first-order chi connectivity index (χ1) is 8.43. The summed E-state index contributed by atoms with van der Waals surface area (Å²) in [5, 5.41) is 18.1. The van der Waals surface area contributed by atoms with E-state index in [1.54, 1.807) is 6.08 Å². The van der Waals surface area contributed by atoms with Gasteiger partial charge in [-0.25, -0.2) is 4.79 Å². The second-order valence-corrected chi connectivity index (χ2v) is 4.01. The Morgan fingerprint density at radius 1 is 1.50 bits per heavy atom. The number of hydrogen-bond acceptors (Lipinski definition) is 5. The van der Waals surface area contributed by atoms with E-state index in [0.29, 0.717) is 6.42 Å². The van der Waals surface area contributed by atoms with Crippen LogP contribution in [0.4, 0.5) is 0 Å². The van der Waals surface area contributed by atoms with Crippen LogP contribution >= 0.6 is 0 Å². The predicted molar refractivity (Wildman–Crippen MR) is 65.7 cm³/mol. The number of likely N-dealkylation sites (N-methyl/N-ethyl adjacent to an activating group) is 1. The molecule has 104 valence electrons. The fourth-order valence-electron chi connectivity index (χ4n) is 1.23. The third-order valence-corrected chi connectivity index (χ3v) is 2.34. The first-order valence-electron chi connectivity index (χ1n) is 5.76. The molecule has 0 saturated heterocycles. The number of carbonyl (C=O) groups is 2. The smallest absolute Gasteiger partial charge is 0.331 e. The van der Waals surface area contributed by atoms with E-state index in [-0.39, 0.29) is 18.9 Å².